The van der Waals surface area contributed by atoms with Crippen LogP contribution in [0.4, 0.5) is 0 Å². The molecule has 2 rings (SSSR count). The van der Waals surface area contributed by atoms with Crippen molar-refractivity contribution < 1.29 is 0 Å². The van der Waals surface area contributed by atoms with E-state index in [1.807, 2.05) is 0 Å². The second-order valence-corrected chi connectivity index (χ2v) is 6.31. The fourth-order valence-electron chi connectivity index (χ4n) is 2.83. The fourth-order valence-corrected chi connectivity index (χ4v) is 3.31. The Kier molecular flexibility index (Phi) is 5.42. The first-order chi connectivity index (χ1) is 9.20. The second kappa shape index (κ2) is 7.07. The number of benzene rings is 1. The molecule has 1 aromatic carbocycles. The molecule has 1 fully saturated rings. The van der Waals surface area contributed by atoms with Gasteiger partial charge >= 0.3 is 0 Å². The lowest BCUT2D eigenvalue weighted by atomic mass is 9.86. The molecule has 0 aliphatic heterocycles. The number of nitriles is 1. The summed E-state index contributed by atoms with van der Waals surface area (Å²) in [6.45, 7) is 1.09. The minimum Gasteiger partial charge on any atom is -0.303 e. The molecule has 0 spiro atoms. The van der Waals surface area contributed by atoms with Gasteiger partial charge in [-0.3, -0.25) is 0 Å². The number of nitrogens with zero attached hydrogens (tertiary/aromatic N) is 2. The molecule has 1 aliphatic rings. The van der Waals surface area contributed by atoms with Crippen LogP contribution in [0.25, 0.3) is 0 Å². The first-order valence-corrected chi connectivity index (χ1v) is 7.83. The zero-order valence-corrected chi connectivity index (χ0v) is 13.1. The van der Waals surface area contributed by atoms with Crippen LogP contribution in [0, 0.1) is 17.2 Å². The summed E-state index contributed by atoms with van der Waals surface area (Å²) in [5, 5.41) is 8.93. The largest absolute Gasteiger partial charge is 0.303 e. The molecule has 0 saturated heterocycles. The molecule has 102 valence electrons. The Labute approximate surface area is 124 Å². The summed E-state index contributed by atoms with van der Waals surface area (Å²) in [5.41, 5.74) is 1.38. The third-order valence-corrected chi connectivity index (χ3v) is 4.97. The predicted molar refractivity (Wildman–Crippen MR) is 81.8 cm³/mol. The normalized spacial score (nSPS) is 23.3. The maximum Gasteiger partial charge on any atom is 0.0655 e. The van der Waals surface area contributed by atoms with Crippen molar-refractivity contribution in [2.24, 2.45) is 5.92 Å². The summed E-state index contributed by atoms with van der Waals surface area (Å²) >= 11 is 3.61. The average Bonchev–Trinajstić information content (AvgIpc) is 2.46. The molecular formula is C16H21BrN2. The SMILES string of the molecule is CN(CCc1ccccc1Br)C1CCC(C#N)CC1. The Morgan fingerprint density at radius 1 is 1.26 bits per heavy atom. The van der Waals surface area contributed by atoms with Crippen molar-refractivity contribution in [3.8, 4) is 6.07 Å². The van der Waals surface area contributed by atoms with Crippen LogP contribution < -0.4 is 0 Å². The highest BCUT2D eigenvalue weighted by molar-refractivity contribution is 9.10. The number of halogens is 1. The van der Waals surface area contributed by atoms with Gasteiger partial charge in [0.2, 0.25) is 0 Å². The lowest BCUT2D eigenvalue weighted by molar-refractivity contribution is 0.180. The van der Waals surface area contributed by atoms with Crippen LogP contribution in [0.2, 0.25) is 0 Å². The smallest absolute Gasteiger partial charge is 0.0655 e. The highest BCUT2D eigenvalue weighted by atomic mass is 79.9. The first kappa shape index (κ1) is 14.6. The zero-order chi connectivity index (χ0) is 13.7. The van der Waals surface area contributed by atoms with E-state index in [0.717, 1.165) is 25.8 Å². The number of likely N-dealkylation sites (N-methyl/N-ethyl adjacent to an activating group) is 1. The topological polar surface area (TPSA) is 27.0 Å². The van der Waals surface area contributed by atoms with Crippen molar-refractivity contribution >= 4 is 15.9 Å². The van der Waals surface area contributed by atoms with Crippen molar-refractivity contribution in [3.05, 3.63) is 34.3 Å². The van der Waals surface area contributed by atoms with E-state index in [-0.39, 0.29) is 0 Å². The Bertz CT molecular complexity index is 444. The molecule has 1 saturated carbocycles. The molecule has 0 amide bonds. The summed E-state index contributed by atoms with van der Waals surface area (Å²) in [6, 6.07) is 11.5. The molecule has 0 aromatic heterocycles. The maximum absolute atomic E-state index is 8.93. The highest BCUT2D eigenvalue weighted by Crippen LogP contribution is 2.26. The molecular weight excluding hydrogens is 300 g/mol. The molecule has 3 heteroatoms. The molecule has 19 heavy (non-hydrogen) atoms. The van der Waals surface area contributed by atoms with Gasteiger partial charge in [0.15, 0.2) is 0 Å². The highest BCUT2D eigenvalue weighted by Gasteiger charge is 2.23. The summed E-state index contributed by atoms with van der Waals surface area (Å²) in [7, 11) is 2.22. The van der Waals surface area contributed by atoms with E-state index in [2.05, 4.69) is 58.2 Å². The van der Waals surface area contributed by atoms with E-state index in [4.69, 9.17) is 5.26 Å². The van der Waals surface area contributed by atoms with Crippen molar-refractivity contribution in [2.75, 3.05) is 13.6 Å². The molecule has 0 N–H and O–H groups in total. The van der Waals surface area contributed by atoms with Gasteiger partial charge in [-0.15, -0.1) is 0 Å². The van der Waals surface area contributed by atoms with Gasteiger partial charge in [-0.25, -0.2) is 0 Å². The van der Waals surface area contributed by atoms with Gasteiger partial charge in [0.25, 0.3) is 0 Å². The van der Waals surface area contributed by atoms with Crippen molar-refractivity contribution in [1.82, 2.24) is 4.90 Å². The lowest BCUT2D eigenvalue weighted by Crippen LogP contribution is -2.36. The van der Waals surface area contributed by atoms with Gasteiger partial charge in [-0.2, -0.15) is 5.26 Å². The average molecular weight is 321 g/mol. The molecule has 1 aromatic rings. The van der Waals surface area contributed by atoms with E-state index in [1.54, 1.807) is 0 Å². The first-order valence-electron chi connectivity index (χ1n) is 7.04. The molecule has 1 aliphatic carbocycles. The van der Waals surface area contributed by atoms with E-state index in [1.165, 1.54) is 22.9 Å². The van der Waals surface area contributed by atoms with Crippen LogP contribution in [-0.2, 0) is 6.42 Å². The minimum atomic E-state index is 0.299. The van der Waals surface area contributed by atoms with E-state index in [9.17, 15) is 0 Å². The van der Waals surface area contributed by atoms with Crippen LogP contribution in [0.3, 0.4) is 0 Å². The van der Waals surface area contributed by atoms with E-state index < -0.39 is 0 Å². The molecule has 0 radical (unpaired) electrons. The summed E-state index contributed by atoms with van der Waals surface area (Å²) in [5.74, 6) is 0.299. The lowest BCUT2D eigenvalue weighted by Gasteiger charge is -2.32. The molecule has 0 heterocycles. The summed E-state index contributed by atoms with van der Waals surface area (Å²) < 4.78 is 1.21. The fraction of sp³-hybridized carbons (Fsp3) is 0.562. The number of hydrogen-bond donors (Lipinski definition) is 0. The quantitative estimate of drug-likeness (QED) is 0.838. The second-order valence-electron chi connectivity index (χ2n) is 5.46. The number of rotatable bonds is 4. The van der Waals surface area contributed by atoms with Gasteiger partial charge in [0.05, 0.1) is 6.07 Å². The van der Waals surface area contributed by atoms with Crippen LogP contribution >= 0.6 is 15.9 Å². The Morgan fingerprint density at radius 3 is 2.58 bits per heavy atom. The summed E-state index contributed by atoms with van der Waals surface area (Å²) in [6.07, 6.45) is 5.56. The van der Waals surface area contributed by atoms with E-state index in [0.29, 0.717) is 12.0 Å². The zero-order valence-electron chi connectivity index (χ0n) is 11.5. The Morgan fingerprint density at radius 2 is 1.95 bits per heavy atom. The standard InChI is InChI=1S/C16H21BrN2/c1-19(15-8-6-13(12-18)7-9-15)11-10-14-4-2-3-5-16(14)17/h2-5,13,15H,6-11H2,1H3. The van der Waals surface area contributed by atoms with Gasteiger partial charge in [0, 0.05) is 23.0 Å². The molecule has 0 unspecified atom stereocenters. The minimum absolute atomic E-state index is 0.299. The monoisotopic (exact) mass is 320 g/mol. The van der Waals surface area contributed by atoms with Crippen molar-refractivity contribution in [2.45, 2.75) is 38.1 Å². The van der Waals surface area contributed by atoms with Crippen LogP contribution in [0.1, 0.15) is 31.2 Å². The molecule has 2 nitrogen and oxygen atoms in total. The molecule has 0 bridgehead atoms. The van der Waals surface area contributed by atoms with Gasteiger partial charge < -0.3 is 4.90 Å². The van der Waals surface area contributed by atoms with Crippen LogP contribution in [0.5, 0.6) is 0 Å². The number of hydrogen-bond acceptors (Lipinski definition) is 2. The Balaban J connectivity index is 1.81. The van der Waals surface area contributed by atoms with Crippen molar-refractivity contribution in [1.29, 1.82) is 5.26 Å². The molecule has 0 atom stereocenters. The van der Waals surface area contributed by atoms with Crippen LogP contribution in [-0.4, -0.2) is 24.5 Å². The Hall–Kier alpha value is -0.850. The summed E-state index contributed by atoms with van der Waals surface area (Å²) in [4.78, 5) is 2.47. The third kappa shape index (κ3) is 4.06. The van der Waals surface area contributed by atoms with Crippen molar-refractivity contribution in [3.63, 3.8) is 0 Å². The van der Waals surface area contributed by atoms with E-state index >= 15 is 0 Å². The van der Waals surface area contributed by atoms with Gasteiger partial charge in [-0.05, 0) is 50.8 Å². The van der Waals surface area contributed by atoms with Crippen LogP contribution in [0.15, 0.2) is 28.7 Å². The maximum atomic E-state index is 8.93. The van der Waals surface area contributed by atoms with Gasteiger partial charge in [0.1, 0.15) is 0 Å². The third-order valence-electron chi connectivity index (χ3n) is 4.19. The van der Waals surface area contributed by atoms with Gasteiger partial charge in [-0.1, -0.05) is 34.1 Å². The predicted octanol–water partition coefficient (Wildman–Crippen LogP) is 4.01.